The Morgan fingerprint density at radius 2 is 1.88 bits per heavy atom. The third-order valence-corrected chi connectivity index (χ3v) is 5.11. The van der Waals surface area contributed by atoms with Gasteiger partial charge in [0.05, 0.1) is 6.04 Å². The molecule has 0 bridgehead atoms. The number of hydrogen-bond acceptors (Lipinski definition) is 2. The van der Waals surface area contributed by atoms with Gasteiger partial charge in [0.2, 0.25) is 5.91 Å². The first-order valence-electron chi connectivity index (χ1n) is 8.13. The zero-order valence-corrected chi connectivity index (χ0v) is 15.8. The van der Waals surface area contributed by atoms with Crippen molar-refractivity contribution in [1.82, 2.24) is 5.32 Å². The van der Waals surface area contributed by atoms with Gasteiger partial charge in [0.25, 0.3) is 0 Å². The highest BCUT2D eigenvalue weighted by Crippen LogP contribution is 2.23. The Kier molecular flexibility index (Phi) is 5.08. The van der Waals surface area contributed by atoms with E-state index in [4.69, 9.17) is 0 Å². The van der Waals surface area contributed by atoms with Gasteiger partial charge in [-0.2, -0.15) is 0 Å². The third kappa shape index (κ3) is 4.20. The molecule has 0 spiro atoms. The molecule has 0 aliphatic carbocycles. The van der Waals surface area contributed by atoms with Crippen LogP contribution in [0.1, 0.15) is 17.5 Å². The number of aryl methyl sites for hydroxylation is 2. The number of carbonyl (C=O) groups excluding carboxylic acids is 2. The summed E-state index contributed by atoms with van der Waals surface area (Å²) in [7, 11) is 0. The molecule has 1 atom stereocenters. The highest BCUT2D eigenvalue weighted by Gasteiger charge is 2.31. The van der Waals surface area contributed by atoms with Crippen molar-refractivity contribution < 1.29 is 9.59 Å². The summed E-state index contributed by atoms with van der Waals surface area (Å²) in [4.78, 5) is 26.2. The zero-order valence-electron chi connectivity index (χ0n) is 14.2. The monoisotopic (exact) mass is 401 g/mol. The number of rotatable bonds is 3. The van der Waals surface area contributed by atoms with Gasteiger partial charge in [-0.25, -0.2) is 4.79 Å². The van der Waals surface area contributed by atoms with Gasteiger partial charge in [0.1, 0.15) is 0 Å². The Bertz CT molecular complexity index is 805. The standard InChI is InChI=1S/C19H20BrN3O2/c1-12-3-6-16(7-4-12)23-11-15(10-18(23)24)22-19(25)21-14-5-8-17(20)13(2)9-14/h3-9,15H,10-11H2,1-2H3,(H2,21,22,25)/t15-/m1/s1. The molecule has 130 valence electrons. The quantitative estimate of drug-likeness (QED) is 0.816. The van der Waals surface area contributed by atoms with Crippen molar-refractivity contribution in [2.45, 2.75) is 26.3 Å². The van der Waals surface area contributed by atoms with E-state index >= 15 is 0 Å². The first-order valence-corrected chi connectivity index (χ1v) is 8.92. The predicted octanol–water partition coefficient (Wildman–Crippen LogP) is 3.99. The Morgan fingerprint density at radius 1 is 1.16 bits per heavy atom. The second-order valence-electron chi connectivity index (χ2n) is 6.30. The minimum absolute atomic E-state index is 0.0219. The van der Waals surface area contributed by atoms with Crippen LogP contribution in [0.25, 0.3) is 0 Å². The van der Waals surface area contributed by atoms with Crippen molar-refractivity contribution in [1.29, 1.82) is 0 Å². The molecule has 1 aliphatic rings. The number of carbonyl (C=O) groups is 2. The number of nitrogens with one attached hydrogen (secondary N) is 2. The summed E-state index contributed by atoms with van der Waals surface area (Å²) in [5.41, 5.74) is 3.77. The summed E-state index contributed by atoms with van der Waals surface area (Å²) >= 11 is 3.43. The van der Waals surface area contributed by atoms with Crippen molar-refractivity contribution in [3.63, 3.8) is 0 Å². The van der Waals surface area contributed by atoms with Crippen LogP contribution in [0.15, 0.2) is 46.9 Å². The fourth-order valence-electron chi connectivity index (χ4n) is 2.85. The lowest BCUT2D eigenvalue weighted by atomic mass is 10.2. The van der Waals surface area contributed by atoms with Gasteiger partial charge in [-0.1, -0.05) is 33.6 Å². The zero-order chi connectivity index (χ0) is 18.0. The molecule has 5 nitrogen and oxygen atoms in total. The molecule has 0 radical (unpaired) electrons. The van der Waals surface area contributed by atoms with E-state index in [0.717, 1.165) is 27.0 Å². The van der Waals surface area contributed by atoms with Gasteiger partial charge in [-0.3, -0.25) is 4.79 Å². The van der Waals surface area contributed by atoms with E-state index in [1.807, 2.05) is 56.3 Å². The topological polar surface area (TPSA) is 61.4 Å². The first-order chi connectivity index (χ1) is 11.9. The number of amides is 3. The number of urea groups is 1. The summed E-state index contributed by atoms with van der Waals surface area (Å²) in [6.45, 7) is 4.45. The lowest BCUT2D eigenvalue weighted by Gasteiger charge is -2.17. The molecule has 1 heterocycles. The number of nitrogens with zero attached hydrogens (tertiary/aromatic N) is 1. The van der Waals surface area contributed by atoms with Gasteiger partial charge < -0.3 is 15.5 Å². The van der Waals surface area contributed by atoms with E-state index in [9.17, 15) is 9.59 Å². The Balaban J connectivity index is 1.60. The molecular formula is C19H20BrN3O2. The molecule has 2 N–H and O–H groups in total. The molecule has 1 saturated heterocycles. The Morgan fingerprint density at radius 3 is 2.56 bits per heavy atom. The summed E-state index contributed by atoms with van der Waals surface area (Å²) in [5, 5.41) is 5.69. The number of anilines is 2. The summed E-state index contributed by atoms with van der Waals surface area (Å²) < 4.78 is 0.994. The first kappa shape index (κ1) is 17.5. The maximum absolute atomic E-state index is 12.2. The van der Waals surface area contributed by atoms with Crippen LogP contribution >= 0.6 is 15.9 Å². The Hall–Kier alpha value is -2.34. The van der Waals surface area contributed by atoms with E-state index in [-0.39, 0.29) is 18.0 Å². The van der Waals surface area contributed by atoms with Crippen LogP contribution in [-0.2, 0) is 4.79 Å². The van der Waals surface area contributed by atoms with Crippen LogP contribution in [0, 0.1) is 13.8 Å². The molecule has 0 saturated carbocycles. The molecule has 1 aliphatic heterocycles. The molecule has 25 heavy (non-hydrogen) atoms. The molecule has 2 aromatic carbocycles. The van der Waals surface area contributed by atoms with Crippen LogP contribution in [-0.4, -0.2) is 24.5 Å². The molecule has 2 aromatic rings. The van der Waals surface area contributed by atoms with Crippen molar-refractivity contribution in [3.8, 4) is 0 Å². The predicted molar refractivity (Wildman–Crippen MR) is 103 cm³/mol. The van der Waals surface area contributed by atoms with E-state index in [1.165, 1.54) is 0 Å². The van der Waals surface area contributed by atoms with Crippen molar-refractivity contribution in [2.24, 2.45) is 0 Å². The van der Waals surface area contributed by atoms with Crippen LogP contribution in [0.3, 0.4) is 0 Å². The van der Waals surface area contributed by atoms with E-state index < -0.39 is 0 Å². The van der Waals surface area contributed by atoms with E-state index in [0.29, 0.717) is 13.0 Å². The van der Waals surface area contributed by atoms with Gasteiger partial charge in [0.15, 0.2) is 0 Å². The average Bonchev–Trinajstić information content (AvgIpc) is 2.92. The fraction of sp³-hybridized carbons (Fsp3) is 0.263. The largest absolute Gasteiger partial charge is 0.333 e. The SMILES string of the molecule is Cc1ccc(N2C[C@H](NC(=O)Nc3ccc(Br)c(C)c3)CC2=O)cc1. The molecule has 0 aromatic heterocycles. The van der Waals surface area contributed by atoms with Gasteiger partial charge >= 0.3 is 6.03 Å². The van der Waals surface area contributed by atoms with Gasteiger partial charge in [-0.15, -0.1) is 0 Å². The van der Waals surface area contributed by atoms with Gasteiger partial charge in [-0.05, 0) is 49.7 Å². The minimum atomic E-state index is -0.301. The Labute approximate surface area is 155 Å². The second kappa shape index (κ2) is 7.27. The number of halogens is 1. The lowest BCUT2D eigenvalue weighted by Crippen LogP contribution is -2.39. The highest BCUT2D eigenvalue weighted by atomic mass is 79.9. The van der Waals surface area contributed by atoms with Crippen molar-refractivity contribution in [3.05, 3.63) is 58.1 Å². The number of hydrogen-bond donors (Lipinski definition) is 2. The molecule has 3 rings (SSSR count). The third-order valence-electron chi connectivity index (χ3n) is 4.22. The van der Waals surface area contributed by atoms with E-state index in [2.05, 4.69) is 26.6 Å². The van der Waals surface area contributed by atoms with Crippen LogP contribution < -0.4 is 15.5 Å². The number of benzene rings is 2. The lowest BCUT2D eigenvalue weighted by molar-refractivity contribution is -0.117. The smallest absolute Gasteiger partial charge is 0.319 e. The minimum Gasteiger partial charge on any atom is -0.333 e. The average molecular weight is 402 g/mol. The summed E-state index contributed by atoms with van der Waals surface area (Å²) in [6, 6.07) is 12.9. The molecule has 1 fully saturated rings. The summed E-state index contributed by atoms with van der Waals surface area (Å²) in [6.07, 6.45) is 0.306. The highest BCUT2D eigenvalue weighted by molar-refractivity contribution is 9.10. The van der Waals surface area contributed by atoms with Crippen LogP contribution in [0.4, 0.5) is 16.2 Å². The molecule has 3 amide bonds. The molecule has 6 heteroatoms. The fourth-order valence-corrected chi connectivity index (χ4v) is 3.10. The van der Waals surface area contributed by atoms with E-state index in [1.54, 1.807) is 4.90 Å². The molecule has 0 unspecified atom stereocenters. The van der Waals surface area contributed by atoms with Crippen molar-refractivity contribution in [2.75, 3.05) is 16.8 Å². The maximum atomic E-state index is 12.2. The molecular weight excluding hydrogens is 382 g/mol. The van der Waals surface area contributed by atoms with Crippen LogP contribution in [0.5, 0.6) is 0 Å². The van der Waals surface area contributed by atoms with Gasteiger partial charge in [0, 0.05) is 28.8 Å². The van der Waals surface area contributed by atoms with Crippen LogP contribution in [0.2, 0.25) is 0 Å². The van der Waals surface area contributed by atoms with Crippen molar-refractivity contribution >= 4 is 39.2 Å². The maximum Gasteiger partial charge on any atom is 0.319 e. The summed E-state index contributed by atoms with van der Waals surface area (Å²) in [5.74, 6) is 0.0219. The second-order valence-corrected chi connectivity index (χ2v) is 7.16. The normalized spacial score (nSPS) is 16.8.